The Kier molecular flexibility index (Phi) is 3.07. The minimum absolute atomic E-state index is 0.305. The van der Waals surface area contributed by atoms with Crippen molar-refractivity contribution in [3.8, 4) is 0 Å². The second kappa shape index (κ2) is 4.41. The van der Waals surface area contributed by atoms with Crippen molar-refractivity contribution < 1.29 is 18.0 Å². The van der Waals surface area contributed by atoms with E-state index in [9.17, 15) is 18.0 Å². The molecule has 1 N–H and O–H groups in total. The van der Waals surface area contributed by atoms with Crippen molar-refractivity contribution in [2.75, 3.05) is 5.32 Å². The van der Waals surface area contributed by atoms with E-state index in [-0.39, 0.29) is 5.69 Å². The maximum Gasteiger partial charge on any atom is 0.433 e. The van der Waals surface area contributed by atoms with Gasteiger partial charge in [0.05, 0.1) is 0 Å². The molecule has 2 aromatic rings. The first kappa shape index (κ1) is 12.6. The van der Waals surface area contributed by atoms with Crippen LogP contribution in [0, 0.1) is 0 Å². The number of halogens is 3. The molecule has 0 saturated carbocycles. The highest BCUT2D eigenvalue weighted by Crippen LogP contribution is 2.29. The summed E-state index contributed by atoms with van der Waals surface area (Å²) in [6.45, 7) is 0. The fraction of sp³-hybridized carbons (Fsp3) is 0.222. The number of thiazole rings is 1. The first-order valence-corrected chi connectivity index (χ1v) is 5.58. The lowest BCUT2D eigenvalue weighted by Crippen LogP contribution is -2.12. The highest BCUT2D eigenvalue weighted by molar-refractivity contribution is 7.13. The van der Waals surface area contributed by atoms with E-state index in [0.29, 0.717) is 15.9 Å². The van der Waals surface area contributed by atoms with Gasteiger partial charge in [-0.2, -0.15) is 18.3 Å². The number of aromatic nitrogens is 3. The molecule has 1 amide bonds. The summed E-state index contributed by atoms with van der Waals surface area (Å²) in [7, 11) is 1.13. The quantitative estimate of drug-likeness (QED) is 0.914. The Morgan fingerprint density at radius 1 is 1.50 bits per heavy atom. The SMILES string of the molecule is Cn1nc(C(=O)Nc2nccs2)cc1C(F)(F)F. The molecule has 9 heteroatoms. The molecule has 96 valence electrons. The predicted octanol–water partition coefficient (Wildman–Crippen LogP) is 2.15. The summed E-state index contributed by atoms with van der Waals surface area (Å²) < 4.78 is 38.1. The van der Waals surface area contributed by atoms with E-state index in [0.717, 1.165) is 18.4 Å². The van der Waals surface area contributed by atoms with Crippen LogP contribution in [0.5, 0.6) is 0 Å². The number of hydrogen-bond acceptors (Lipinski definition) is 4. The molecule has 0 aromatic carbocycles. The van der Waals surface area contributed by atoms with Crippen LogP contribution < -0.4 is 5.32 Å². The summed E-state index contributed by atoms with van der Waals surface area (Å²) in [5, 5.41) is 7.81. The van der Waals surface area contributed by atoms with E-state index in [1.807, 2.05) is 0 Å². The van der Waals surface area contributed by atoms with Crippen LogP contribution in [0.15, 0.2) is 17.6 Å². The smallest absolute Gasteiger partial charge is 0.296 e. The molecule has 0 atom stereocenters. The Morgan fingerprint density at radius 2 is 2.22 bits per heavy atom. The van der Waals surface area contributed by atoms with Gasteiger partial charge in [-0.25, -0.2) is 4.98 Å². The van der Waals surface area contributed by atoms with Gasteiger partial charge in [0.1, 0.15) is 5.69 Å². The first-order valence-electron chi connectivity index (χ1n) is 4.70. The standard InChI is InChI=1S/C9H7F3N4OS/c1-16-6(9(10,11)12)4-5(15-16)7(17)14-8-13-2-3-18-8/h2-4H,1H3,(H,13,14,17). The Morgan fingerprint density at radius 3 is 2.72 bits per heavy atom. The van der Waals surface area contributed by atoms with Crippen molar-refractivity contribution in [3.05, 3.63) is 29.0 Å². The fourth-order valence-electron chi connectivity index (χ4n) is 1.29. The number of carbonyl (C=O) groups excluding carboxylic acids is 1. The zero-order chi connectivity index (χ0) is 13.3. The molecule has 2 rings (SSSR count). The van der Waals surface area contributed by atoms with E-state index in [2.05, 4.69) is 15.4 Å². The van der Waals surface area contributed by atoms with Crippen LogP contribution >= 0.6 is 11.3 Å². The van der Waals surface area contributed by atoms with Crippen molar-refractivity contribution in [3.63, 3.8) is 0 Å². The van der Waals surface area contributed by atoms with Gasteiger partial charge in [0.2, 0.25) is 0 Å². The lowest BCUT2D eigenvalue weighted by Gasteiger charge is -2.04. The number of rotatable bonds is 2. The summed E-state index contributed by atoms with van der Waals surface area (Å²) in [4.78, 5) is 15.4. The predicted molar refractivity (Wildman–Crippen MR) is 58.3 cm³/mol. The Balaban J connectivity index is 2.22. The van der Waals surface area contributed by atoms with E-state index in [1.54, 1.807) is 5.38 Å². The first-order chi connectivity index (χ1) is 8.38. The van der Waals surface area contributed by atoms with Crippen LogP contribution in [0.4, 0.5) is 18.3 Å². The number of hydrogen-bond donors (Lipinski definition) is 1. The van der Waals surface area contributed by atoms with Crippen LogP contribution in [0.3, 0.4) is 0 Å². The van der Waals surface area contributed by atoms with Gasteiger partial charge >= 0.3 is 6.18 Å². The van der Waals surface area contributed by atoms with Gasteiger partial charge in [-0.15, -0.1) is 11.3 Å². The Hall–Kier alpha value is -1.90. The molecule has 0 spiro atoms. The van der Waals surface area contributed by atoms with Crippen LogP contribution in [0.1, 0.15) is 16.2 Å². The number of carbonyl (C=O) groups is 1. The van der Waals surface area contributed by atoms with Crippen LogP contribution in [0.25, 0.3) is 0 Å². The molecule has 0 saturated heterocycles. The van der Waals surface area contributed by atoms with Gasteiger partial charge in [0.25, 0.3) is 5.91 Å². The van der Waals surface area contributed by atoms with Crippen LogP contribution in [0.2, 0.25) is 0 Å². The molecule has 0 unspecified atom stereocenters. The molecule has 0 radical (unpaired) electrons. The molecule has 5 nitrogen and oxygen atoms in total. The highest BCUT2D eigenvalue weighted by Gasteiger charge is 2.35. The summed E-state index contributed by atoms with van der Waals surface area (Å²) in [6.07, 6.45) is -3.07. The number of alkyl halides is 3. The largest absolute Gasteiger partial charge is 0.433 e. The average Bonchev–Trinajstić information content (AvgIpc) is 2.85. The molecule has 0 aliphatic carbocycles. The third kappa shape index (κ3) is 2.50. The Labute approximate surface area is 103 Å². The van der Waals surface area contributed by atoms with E-state index < -0.39 is 17.8 Å². The lowest BCUT2D eigenvalue weighted by atomic mass is 10.3. The fourth-order valence-corrected chi connectivity index (χ4v) is 1.81. The third-order valence-electron chi connectivity index (χ3n) is 2.06. The lowest BCUT2D eigenvalue weighted by molar-refractivity contribution is -0.143. The molecule has 0 fully saturated rings. The number of anilines is 1. The highest BCUT2D eigenvalue weighted by atomic mass is 32.1. The number of nitrogens with one attached hydrogen (secondary N) is 1. The maximum atomic E-state index is 12.5. The number of aryl methyl sites for hydroxylation is 1. The molecular formula is C9H7F3N4OS. The van der Waals surface area contributed by atoms with E-state index >= 15 is 0 Å². The topological polar surface area (TPSA) is 59.8 Å². The van der Waals surface area contributed by atoms with Crippen LogP contribution in [-0.4, -0.2) is 20.7 Å². The van der Waals surface area contributed by atoms with Gasteiger partial charge in [-0.05, 0) is 0 Å². The summed E-state index contributed by atoms with van der Waals surface area (Å²) in [6, 6.07) is 0.697. The van der Waals surface area contributed by atoms with Crippen molar-refractivity contribution in [2.24, 2.45) is 7.05 Å². The normalized spacial score (nSPS) is 11.6. The van der Waals surface area contributed by atoms with E-state index in [4.69, 9.17) is 0 Å². The summed E-state index contributed by atoms with van der Waals surface area (Å²) in [5.74, 6) is -0.726. The number of amides is 1. The third-order valence-corrected chi connectivity index (χ3v) is 2.74. The van der Waals surface area contributed by atoms with Gasteiger partial charge in [-0.3, -0.25) is 14.8 Å². The summed E-state index contributed by atoms with van der Waals surface area (Å²) >= 11 is 1.16. The molecule has 2 aromatic heterocycles. The minimum atomic E-state index is -4.54. The Bertz CT molecular complexity index is 561. The van der Waals surface area contributed by atoms with Gasteiger partial charge < -0.3 is 0 Å². The molecule has 18 heavy (non-hydrogen) atoms. The molecule has 0 bridgehead atoms. The van der Waals surface area contributed by atoms with Crippen molar-refractivity contribution in [1.29, 1.82) is 0 Å². The van der Waals surface area contributed by atoms with Gasteiger partial charge in [0.15, 0.2) is 10.8 Å². The minimum Gasteiger partial charge on any atom is -0.296 e. The molecule has 0 aliphatic rings. The zero-order valence-electron chi connectivity index (χ0n) is 9.02. The van der Waals surface area contributed by atoms with Crippen molar-refractivity contribution >= 4 is 22.4 Å². The van der Waals surface area contributed by atoms with Gasteiger partial charge in [0, 0.05) is 24.7 Å². The van der Waals surface area contributed by atoms with Crippen molar-refractivity contribution in [2.45, 2.75) is 6.18 Å². The van der Waals surface area contributed by atoms with Crippen molar-refractivity contribution in [1.82, 2.24) is 14.8 Å². The molecule has 0 aliphatic heterocycles. The van der Waals surface area contributed by atoms with E-state index in [1.165, 1.54) is 6.20 Å². The maximum absolute atomic E-state index is 12.5. The van der Waals surface area contributed by atoms with Gasteiger partial charge in [-0.1, -0.05) is 0 Å². The summed E-state index contributed by atoms with van der Waals surface area (Å²) in [5.41, 5.74) is -1.29. The molecule has 2 heterocycles. The monoisotopic (exact) mass is 276 g/mol. The second-order valence-corrected chi connectivity index (χ2v) is 4.22. The van der Waals surface area contributed by atoms with Crippen LogP contribution in [-0.2, 0) is 13.2 Å². The molecular weight excluding hydrogens is 269 g/mol. The zero-order valence-corrected chi connectivity index (χ0v) is 9.84. The average molecular weight is 276 g/mol. The number of nitrogens with zero attached hydrogens (tertiary/aromatic N) is 3. The second-order valence-electron chi connectivity index (χ2n) is 3.33.